The first-order chi connectivity index (χ1) is 11.8. The van der Waals surface area contributed by atoms with E-state index in [1.54, 1.807) is 18.2 Å². The summed E-state index contributed by atoms with van der Waals surface area (Å²) in [6.45, 7) is 2.56. The van der Waals surface area contributed by atoms with Crippen molar-refractivity contribution in [3.63, 3.8) is 0 Å². The van der Waals surface area contributed by atoms with Gasteiger partial charge in [0.1, 0.15) is 11.6 Å². The minimum atomic E-state index is -1.33. The number of hydrogen-bond acceptors (Lipinski definition) is 4. The zero-order chi connectivity index (χ0) is 18.4. The van der Waals surface area contributed by atoms with Gasteiger partial charge in [-0.1, -0.05) is 12.1 Å². The highest BCUT2D eigenvalue weighted by Crippen LogP contribution is 2.22. The van der Waals surface area contributed by atoms with E-state index in [4.69, 9.17) is 9.47 Å². The Kier molecular flexibility index (Phi) is 6.14. The van der Waals surface area contributed by atoms with Crippen LogP contribution in [0, 0.1) is 5.82 Å². The SMILES string of the molecule is CC(C)(Oc1ccc(F)cc1)C(=O)OCC(=O)Nc1ccccc1Br. The van der Waals surface area contributed by atoms with Gasteiger partial charge in [0, 0.05) is 4.47 Å². The van der Waals surface area contributed by atoms with E-state index >= 15 is 0 Å². The molecule has 2 aromatic carbocycles. The van der Waals surface area contributed by atoms with Crippen LogP contribution < -0.4 is 10.1 Å². The second-order valence-corrected chi connectivity index (χ2v) is 6.52. The van der Waals surface area contributed by atoms with Gasteiger partial charge in [0.25, 0.3) is 5.91 Å². The highest BCUT2D eigenvalue weighted by Gasteiger charge is 2.32. The Hall–Kier alpha value is -2.41. The summed E-state index contributed by atoms with van der Waals surface area (Å²) >= 11 is 3.31. The van der Waals surface area contributed by atoms with Gasteiger partial charge in [0.15, 0.2) is 12.2 Å². The number of ether oxygens (including phenoxy) is 2. The first-order valence-electron chi connectivity index (χ1n) is 7.44. The number of amides is 1. The number of benzene rings is 2. The van der Waals surface area contributed by atoms with Gasteiger partial charge in [-0.25, -0.2) is 9.18 Å². The van der Waals surface area contributed by atoms with Gasteiger partial charge >= 0.3 is 5.97 Å². The topological polar surface area (TPSA) is 64.6 Å². The molecule has 1 amide bonds. The molecule has 25 heavy (non-hydrogen) atoms. The fraction of sp³-hybridized carbons (Fsp3) is 0.222. The molecule has 2 rings (SSSR count). The standard InChI is InChI=1S/C18H17BrFNO4/c1-18(2,25-13-9-7-12(20)8-10-13)17(23)24-11-16(22)21-15-6-4-3-5-14(15)19/h3-10H,11H2,1-2H3,(H,21,22). The summed E-state index contributed by atoms with van der Waals surface area (Å²) in [7, 11) is 0. The summed E-state index contributed by atoms with van der Waals surface area (Å²) in [6.07, 6.45) is 0. The second-order valence-electron chi connectivity index (χ2n) is 5.67. The van der Waals surface area contributed by atoms with Crippen LogP contribution in [0.2, 0.25) is 0 Å². The Morgan fingerprint density at radius 1 is 1.12 bits per heavy atom. The fourth-order valence-electron chi connectivity index (χ4n) is 1.89. The molecule has 0 heterocycles. The number of carbonyl (C=O) groups is 2. The van der Waals surface area contributed by atoms with Crippen molar-refractivity contribution < 1.29 is 23.5 Å². The van der Waals surface area contributed by atoms with Crippen molar-refractivity contribution in [2.45, 2.75) is 19.4 Å². The van der Waals surface area contributed by atoms with Crippen molar-refractivity contribution in [1.29, 1.82) is 0 Å². The van der Waals surface area contributed by atoms with Crippen LogP contribution in [0.5, 0.6) is 5.75 Å². The molecule has 132 valence electrons. The molecule has 0 aromatic heterocycles. The third-order valence-electron chi connectivity index (χ3n) is 3.16. The molecule has 0 fully saturated rings. The molecule has 0 saturated carbocycles. The first kappa shape index (κ1) is 18.9. The summed E-state index contributed by atoms with van der Waals surface area (Å²) < 4.78 is 24.1. The van der Waals surface area contributed by atoms with Crippen LogP contribution >= 0.6 is 15.9 Å². The largest absolute Gasteiger partial charge is 0.476 e. The Morgan fingerprint density at radius 2 is 1.76 bits per heavy atom. The lowest BCUT2D eigenvalue weighted by Gasteiger charge is -2.24. The number of anilines is 1. The molecule has 0 aliphatic carbocycles. The minimum Gasteiger partial charge on any atom is -0.476 e. The smallest absolute Gasteiger partial charge is 0.350 e. The average molecular weight is 410 g/mol. The third-order valence-corrected chi connectivity index (χ3v) is 3.85. The van der Waals surface area contributed by atoms with Crippen LogP contribution in [0.25, 0.3) is 0 Å². The van der Waals surface area contributed by atoms with Gasteiger partial charge in [-0.3, -0.25) is 4.79 Å². The number of para-hydroxylation sites is 1. The van der Waals surface area contributed by atoms with Crippen molar-refractivity contribution in [3.8, 4) is 5.75 Å². The van der Waals surface area contributed by atoms with E-state index in [1.807, 2.05) is 6.07 Å². The van der Waals surface area contributed by atoms with Crippen molar-refractivity contribution in [2.24, 2.45) is 0 Å². The number of carbonyl (C=O) groups excluding carboxylic acids is 2. The molecular weight excluding hydrogens is 393 g/mol. The molecule has 0 aliphatic rings. The van der Waals surface area contributed by atoms with Crippen molar-refractivity contribution in [2.75, 3.05) is 11.9 Å². The van der Waals surface area contributed by atoms with Crippen LogP contribution in [0.15, 0.2) is 53.0 Å². The lowest BCUT2D eigenvalue weighted by Crippen LogP contribution is -2.41. The number of halogens is 2. The summed E-state index contributed by atoms with van der Waals surface area (Å²) in [4.78, 5) is 24.0. The predicted molar refractivity (Wildman–Crippen MR) is 94.8 cm³/mol. The monoisotopic (exact) mass is 409 g/mol. The van der Waals surface area contributed by atoms with E-state index in [0.717, 1.165) is 4.47 Å². The second kappa shape index (κ2) is 8.11. The van der Waals surface area contributed by atoms with E-state index in [9.17, 15) is 14.0 Å². The van der Waals surface area contributed by atoms with Crippen molar-refractivity contribution in [3.05, 3.63) is 58.8 Å². The van der Waals surface area contributed by atoms with Crippen LogP contribution in [0.1, 0.15) is 13.8 Å². The van der Waals surface area contributed by atoms with Gasteiger partial charge < -0.3 is 14.8 Å². The molecule has 5 nitrogen and oxygen atoms in total. The number of rotatable bonds is 6. The van der Waals surface area contributed by atoms with Crippen LogP contribution in [-0.4, -0.2) is 24.1 Å². The third kappa shape index (κ3) is 5.56. The summed E-state index contributed by atoms with van der Waals surface area (Å²) in [5.74, 6) is -1.27. The Morgan fingerprint density at radius 3 is 2.40 bits per heavy atom. The number of esters is 1. The fourth-order valence-corrected chi connectivity index (χ4v) is 2.28. The summed E-state index contributed by atoms with van der Waals surface area (Å²) in [5, 5.41) is 2.63. The highest BCUT2D eigenvalue weighted by atomic mass is 79.9. The minimum absolute atomic E-state index is 0.320. The van der Waals surface area contributed by atoms with E-state index in [0.29, 0.717) is 11.4 Å². The zero-order valence-corrected chi connectivity index (χ0v) is 15.3. The summed E-state index contributed by atoms with van der Waals surface area (Å²) in [5.41, 5.74) is -0.754. The lowest BCUT2D eigenvalue weighted by atomic mass is 10.1. The molecule has 0 bridgehead atoms. The Labute approximate surface area is 153 Å². The molecule has 0 unspecified atom stereocenters. The van der Waals surface area contributed by atoms with Crippen molar-refractivity contribution >= 4 is 33.5 Å². The average Bonchev–Trinajstić information content (AvgIpc) is 2.56. The normalized spacial score (nSPS) is 10.9. The van der Waals surface area contributed by atoms with E-state index in [-0.39, 0.29) is 0 Å². The van der Waals surface area contributed by atoms with E-state index < -0.39 is 29.9 Å². The molecule has 0 aliphatic heterocycles. The predicted octanol–water partition coefficient (Wildman–Crippen LogP) is 3.93. The first-order valence-corrected chi connectivity index (χ1v) is 8.23. The van der Waals surface area contributed by atoms with Gasteiger partial charge in [-0.05, 0) is 66.2 Å². The molecule has 0 radical (unpaired) electrons. The number of hydrogen-bond donors (Lipinski definition) is 1. The van der Waals surface area contributed by atoms with Crippen LogP contribution in [-0.2, 0) is 14.3 Å². The van der Waals surface area contributed by atoms with Gasteiger partial charge in [-0.2, -0.15) is 0 Å². The van der Waals surface area contributed by atoms with Gasteiger partial charge in [0.05, 0.1) is 5.69 Å². The molecular formula is C18H17BrFNO4. The maximum absolute atomic E-state index is 12.9. The molecule has 0 atom stereocenters. The van der Waals surface area contributed by atoms with E-state index in [2.05, 4.69) is 21.2 Å². The molecule has 0 saturated heterocycles. The maximum Gasteiger partial charge on any atom is 0.350 e. The molecule has 0 spiro atoms. The highest BCUT2D eigenvalue weighted by molar-refractivity contribution is 9.10. The van der Waals surface area contributed by atoms with Crippen LogP contribution in [0.3, 0.4) is 0 Å². The summed E-state index contributed by atoms with van der Waals surface area (Å²) in [6, 6.07) is 12.3. The quantitative estimate of drug-likeness (QED) is 0.734. The molecule has 1 N–H and O–H groups in total. The zero-order valence-electron chi connectivity index (χ0n) is 13.7. The Bertz CT molecular complexity index is 762. The number of nitrogens with one attached hydrogen (secondary N) is 1. The molecule has 2 aromatic rings. The van der Waals surface area contributed by atoms with Crippen molar-refractivity contribution in [1.82, 2.24) is 0 Å². The Balaban J connectivity index is 1.88. The van der Waals surface area contributed by atoms with E-state index in [1.165, 1.54) is 38.1 Å². The molecule has 7 heteroatoms. The van der Waals surface area contributed by atoms with Gasteiger partial charge in [-0.15, -0.1) is 0 Å². The lowest BCUT2D eigenvalue weighted by molar-refractivity contribution is -0.161. The maximum atomic E-state index is 12.9. The van der Waals surface area contributed by atoms with Crippen LogP contribution in [0.4, 0.5) is 10.1 Å². The van der Waals surface area contributed by atoms with Gasteiger partial charge in [0.2, 0.25) is 0 Å².